The van der Waals surface area contributed by atoms with Crippen LogP contribution >= 0.6 is 0 Å². The van der Waals surface area contributed by atoms with Crippen molar-refractivity contribution in [1.29, 1.82) is 0 Å². The van der Waals surface area contributed by atoms with Crippen LogP contribution < -0.4 is 5.32 Å². The first-order valence-corrected chi connectivity index (χ1v) is 7.50. The Morgan fingerprint density at radius 1 is 1.11 bits per heavy atom. The van der Waals surface area contributed by atoms with Gasteiger partial charge in [0.1, 0.15) is 11.5 Å². The Kier molecular flexibility index (Phi) is 4.87. The highest BCUT2D eigenvalue weighted by molar-refractivity contribution is 5.23. The standard InChI is InChI=1S/C16H27NO/c1-12-11-16(14(3)18-12)13(2)17-15-9-7-5-4-6-8-10-15/h11,13,15,17H,4-10H2,1-3H3. The van der Waals surface area contributed by atoms with Gasteiger partial charge in [-0.2, -0.15) is 0 Å². The third kappa shape index (κ3) is 3.61. The van der Waals surface area contributed by atoms with Crippen LogP contribution in [0.25, 0.3) is 0 Å². The van der Waals surface area contributed by atoms with Gasteiger partial charge in [0.2, 0.25) is 0 Å². The van der Waals surface area contributed by atoms with E-state index >= 15 is 0 Å². The maximum Gasteiger partial charge on any atom is 0.105 e. The molecule has 0 aromatic carbocycles. The molecule has 0 amide bonds. The fourth-order valence-corrected chi connectivity index (χ4v) is 3.15. The Hall–Kier alpha value is -0.760. The predicted octanol–water partition coefficient (Wildman–Crippen LogP) is 4.66. The molecular formula is C16H27NO. The van der Waals surface area contributed by atoms with E-state index < -0.39 is 0 Å². The van der Waals surface area contributed by atoms with Gasteiger partial charge in [-0.3, -0.25) is 0 Å². The Balaban J connectivity index is 1.92. The van der Waals surface area contributed by atoms with Crippen molar-refractivity contribution in [2.75, 3.05) is 0 Å². The van der Waals surface area contributed by atoms with E-state index in [1.54, 1.807) is 0 Å². The van der Waals surface area contributed by atoms with Crippen LogP contribution in [0, 0.1) is 13.8 Å². The molecule has 1 aromatic heterocycles. The van der Waals surface area contributed by atoms with Gasteiger partial charge < -0.3 is 9.73 Å². The molecule has 0 radical (unpaired) electrons. The van der Waals surface area contributed by atoms with Crippen LogP contribution in [0.5, 0.6) is 0 Å². The van der Waals surface area contributed by atoms with Gasteiger partial charge in [-0.05, 0) is 39.7 Å². The molecule has 102 valence electrons. The summed E-state index contributed by atoms with van der Waals surface area (Å²) in [5.74, 6) is 2.09. The lowest BCUT2D eigenvalue weighted by atomic mass is 9.95. The van der Waals surface area contributed by atoms with Crippen LogP contribution in [0.2, 0.25) is 0 Å². The first kappa shape index (κ1) is 13.7. The van der Waals surface area contributed by atoms with E-state index in [2.05, 4.69) is 25.2 Å². The quantitative estimate of drug-likeness (QED) is 0.842. The molecular weight excluding hydrogens is 222 g/mol. The van der Waals surface area contributed by atoms with E-state index in [9.17, 15) is 0 Å². The van der Waals surface area contributed by atoms with Crippen molar-refractivity contribution in [2.45, 2.75) is 77.8 Å². The summed E-state index contributed by atoms with van der Waals surface area (Å²) in [7, 11) is 0. The molecule has 1 unspecified atom stereocenters. The summed E-state index contributed by atoms with van der Waals surface area (Å²) in [6.45, 7) is 6.35. The van der Waals surface area contributed by atoms with E-state index in [0.29, 0.717) is 12.1 Å². The fourth-order valence-electron chi connectivity index (χ4n) is 3.15. The number of furan rings is 1. The van der Waals surface area contributed by atoms with Crippen molar-refractivity contribution in [2.24, 2.45) is 0 Å². The molecule has 0 saturated heterocycles. The number of rotatable bonds is 3. The van der Waals surface area contributed by atoms with Gasteiger partial charge in [0, 0.05) is 17.6 Å². The number of hydrogen-bond donors (Lipinski definition) is 1. The molecule has 1 fully saturated rings. The van der Waals surface area contributed by atoms with Crippen molar-refractivity contribution in [1.82, 2.24) is 5.32 Å². The van der Waals surface area contributed by atoms with Gasteiger partial charge in [0.25, 0.3) is 0 Å². The molecule has 1 saturated carbocycles. The minimum atomic E-state index is 0.409. The molecule has 1 aliphatic rings. The van der Waals surface area contributed by atoms with Gasteiger partial charge in [-0.1, -0.05) is 32.1 Å². The lowest BCUT2D eigenvalue weighted by molar-refractivity contribution is 0.360. The van der Waals surface area contributed by atoms with Gasteiger partial charge in [0.05, 0.1) is 0 Å². The zero-order valence-corrected chi connectivity index (χ0v) is 12.1. The first-order valence-electron chi connectivity index (χ1n) is 7.50. The molecule has 1 atom stereocenters. The summed E-state index contributed by atoms with van der Waals surface area (Å²) in [6, 6.07) is 3.28. The lowest BCUT2D eigenvalue weighted by Crippen LogP contribution is -2.32. The third-order valence-electron chi connectivity index (χ3n) is 4.14. The highest BCUT2D eigenvalue weighted by Gasteiger charge is 2.17. The monoisotopic (exact) mass is 249 g/mol. The first-order chi connectivity index (χ1) is 8.66. The minimum absolute atomic E-state index is 0.409. The van der Waals surface area contributed by atoms with E-state index in [1.807, 2.05) is 6.92 Å². The van der Waals surface area contributed by atoms with Crippen LogP contribution in [0.1, 0.15) is 75.0 Å². The van der Waals surface area contributed by atoms with Gasteiger partial charge in [0.15, 0.2) is 0 Å². The van der Waals surface area contributed by atoms with Crippen molar-refractivity contribution >= 4 is 0 Å². The van der Waals surface area contributed by atoms with Crippen LogP contribution in [0.4, 0.5) is 0 Å². The molecule has 2 heteroatoms. The molecule has 1 aliphatic carbocycles. The maximum absolute atomic E-state index is 5.63. The topological polar surface area (TPSA) is 25.2 Å². The van der Waals surface area contributed by atoms with Crippen molar-refractivity contribution in [3.8, 4) is 0 Å². The summed E-state index contributed by atoms with van der Waals surface area (Å²) >= 11 is 0. The van der Waals surface area contributed by atoms with Crippen LogP contribution in [0.15, 0.2) is 10.5 Å². The molecule has 0 spiro atoms. The normalized spacial score (nSPS) is 20.4. The van der Waals surface area contributed by atoms with Crippen molar-refractivity contribution in [3.05, 3.63) is 23.2 Å². The SMILES string of the molecule is Cc1cc(C(C)NC2CCCCCCC2)c(C)o1. The van der Waals surface area contributed by atoms with Crippen molar-refractivity contribution < 1.29 is 4.42 Å². The largest absolute Gasteiger partial charge is 0.466 e. The van der Waals surface area contributed by atoms with E-state index in [4.69, 9.17) is 4.42 Å². The van der Waals surface area contributed by atoms with E-state index in [-0.39, 0.29) is 0 Å². The lowest BCUT2D eigenvalue weighted by Gasteiger charge is -2.25. The third-order valence-corrected chi connectivity index (χ3v) is 4.14. The van der Waals surface area contributed by atoms with Crippen LogP contribution in [0.3, 0.4) is 0 Å². The molecule has 18 heavy (non-hydrogen) atoms. The smallest absolute Gasteiger partial charge is 0.105 e. The molecule has 1 heterocycles. The molecule has 1 N–H and O–H groups in total. The van der Waals surface area contributed by atoms with Crippen LogP contribution in [-0.2, 0) is 0 Å². The Labute approximate surface area is 111 Å². The second kappa shape index (κ2) is 6.42. The minimum Gasteiger partial charge on any atom is -0.466 e. The summed E-state index contributed by atoms with van der Waals surface area (Å²) < 4.78 is 5.63. The summed E-state index contributed by atoms with van der Waals surface area (Å²) in [6.07, 6.45) is 9.69. The molecule has 0 bridgehead atoms. The van der Waals surface area contributed by atoms with Crippen LogP contribution in [-0.4, -0.2) is 6.04 Å². The zero-order chi connectivity index (χ0) is 13.0. The fraction of sp³-hybridized carbons (Fsp3) is 0.750. The van der Waals surface area contributed by atoms with Gasteiger partial charge in [-0.25, -0.2) is 0 Å². The molecule has 0 aliphatic heterocycles. The highest BCUT2D eigenvalue weighted by Crippen LogP contribution is 2.24. The summed E-state index contributed by atoms with van der Waals surface area (Å²) in [5.41, 5.74) is 1.33. The molecule has 2 rings (SSSR count). The predicted molar refractivity (Wildman–Crippen MR) is 75.8 cm³/mol. The van der Waals surface area contributed by atoms with Gasteiger partial charge >= 0.3 is 0 Å². The second-order valence-electron chi connectivity index (χ2n) is 5.80. The molecule has 1 aromatic rings. The highest BCUT2D eigenvalue weighted by atomic mass is 16.3. The maximum atomic E-state index is 5.63. The average molecular weight is 249 g/mol. The molecule has 2 nitrogen and oxygen atoms in total. The number of nitrogens with one attached hydrogen (secondary N) is 1. The van der Waals surface area contributed by atoms with Gasteiger partial charge in [-0.15, -0.1) is 0 Å². The summed E-state index contributed by atoms with van der Waals surface area (Å²) in [4.78, 5) is 0. The zero-order valence-electron chi connectivity index (χ0n) is 12.1. The van der Waals surface area contributed by atoms with E-state index in [1.165, 1.54) is 50.5 Å². The second-order valence-corrected chi connectivity index (χ2v) is 5.80. The number of hydrogen-bond acceptors (Lipinski definition) is 2. The average Bonchev–Trinajstić information content (AvgIpc) is 2.61. The summed E-state index contributed by atoms with van der Waals surface area (Å²) in [5, 5.41) is 3.80. The Morgan fingerprint density at radius 3 is 2.28 bits per heavy atom. The van der Waals surface area contributed by atoms with Crippen molar-refractivity contribution in [3.63, 3.8) is 0 Å². The number of aryl methyl sites for hydroxylation is 2. The van der Waals surface area contributed by atoms with E-state index in [0.717, 1.165) is 11.5 Å². The Bertz CT molecular complexity index is 361. The Morgan fingerprint density at radius 2 is 1.72 bits per heavy atom.